The molecule has 1 fully saturated rings. The smallest absolute Gasteiger partial charge is 0.259 e. The first-order chi connectivity index (χ1) is 13.1. The van der Waals surface area contributed by atoms with Crippen molar-refractivity contribution in [2.24, 2.45) is 0 Å². The maximum atomic E-state index is 12.0. The van der Waals surface area contributed by atoms with Crippen LogP contribution in [0.5, 0.6) is 0 Å². The van der Waals surface area contributed by atoms with Crippen LogP contribution in [0.3, 0.4) is 0 Å². The highest BCUT2D eigenvalue weighted by Crippen LogP contribution is 2.27. The van der Waals surface area contributed by atoms with E-state index in [9.17, 15) is 14.7 Å². The van der Waals surface area contributed by atoms with E-state index in [1.807, 2.05) is 24.4 Å². The average Bonchev–Trinajstić information content (AvgIpc) is 2.98. The number of β-amino-alcohol motifs (C(OH)–C–C–N with tert-alkyl or cyclic N) is 1. The number of aliphatic hydroxyl groups excluding tert-OH is 1. The number of rotatable bonds is 5. The summed E-state index contributed by atoms with van der Waals surface area (Å²) in [6.07, 6.45) is 3.68. The Morgan fingerprint density at radius 2 is 1.93 bits per heavy atom. The molecule has 0 saturated carbocycles. The molecule has 6 heteroatoms. The Morgan fingerprint density at radius 3 is 2.67 bits per heavy atom. The number of hydrogen-bond acceptors (Lipinski definition) is 5. The van der Waals surface area contributed by atoms with Gasteiger partial charge in [-0.25, -0.2) is 0 Å². The second-order valence-corrected chi connectivity index (χ2v) is 7.31. The predicted molar refractivity (Wildman–Crippen MR) is 101 cm³/mol. The number of nitrogens with one attached hydrogen (secondary N) is 1. The van der Waals surface area contributed by atoms with Gasteiger partial charge in [-0.2, -0.15) is 0 Å². The second kappa shape index (κ2) is 7.58. The summed E-state index contributed by atoms with van der Waals surface area (Å²) in [5, 5.41) is 12.9. The van der Waals surface area contributed by atoms with E-state index in [1.165, 1.54) is 0 Å². The van der Waals surface area contributed by atoms with Gasteiger partial charge in [0.1, 0.15) is 0 Å². The molecule has 0 bridgehead atoms. The minimum absolute atomic E-state index is 0.358. The zero-order valence-corrected chi connectivity index (χ0v) is 15.1. The molecule has 1 aromatic heterocycles. The minimum Gasteiger partial charge on any atom is -0.391 e. The molecule has 1 saturated heterocycles. The molecule has 4 rings (SSSR count). The number of piperidine rings is 1. The number of hydrogen-bond donors (Lipinski definition) is 2. The molecule has 1 unspecified atom stereocenters. The first-order valence-corrected chi connectivity index (χ1v) is 9.40. The van der Waals surface area contributed by atoms with Crippen LogP contribution in [0.2, 0.25) is 0 Å². The van der Waals surface area contributed by atoms with Crippen molar-refractivity contribution in [3.63, 3.8) is 0 Å². The topological polar surface area (TPSA) is 82.5 Å². The Morgan fingerprint density at radius 1 is 1.11 bits per heavy atom. The summed E-state index contributed by atoms with van der Waals surface area (Å²) in [4.78, 5) is 30.5. The van der Waals surface area contributed by atoms with E-state index in [-0.39, 0.29) is 11.8 Å². The third kappa shape index (κ3) is 3.77. The molecular formula is C21H23N3O3. The number of carbonyl (C=O) groups excluding carboxylic acids is 2. The van der Waals surface area contributed by atoms with E-state index in [4.69, 9.17) is 0 Å². The van der Waals surface area contributed by atoms with Gasteiger partial charge in [0.2, 0.25) is 0 Å². The summed E-state index contributed by atoms with van der Waals surface area (Å²) in [5.41, 5.74) is 2.69. The van der Waals surface area contributed by atoms with Crippen LogP contribution in [-0.4, -0.2) is 52.5 Å². The number of likely N-dealkylation sites (tertiary alicyclic amines) is 1. The highest BCUT2D eigenvalue weighted by molar-refractivity contribution is 6.22. The van der Waals surface area contributed by atoms with Crippen LogP contribution >= 0.6 is 0 Å². The molecule has 0 radical (unpaired) electrons. The molecule has 6 nitrogen and oxygen atoms in total. The highest BCUT2D eigenvalue weighted by Gasteiger charge is 2.30. The van der Waals surface area contributed by atoms with Crippen LogP contribution in [0.4, 0.5) is 0 Å². The number of imide groups is 1. The van der Waals surface area contributed by atoms with Crippen molar-refractivity contribution >= 4 is 11.8 Å². The second-order valence-electron chi connectivity index (χ2n) is 7.31. The van der Waals surface area contributed by atoms with Crippen molar-refractivity contribution < 1.29 is 14.7 Å². The quantitative estimate of drug-likeness (QED) is 0.789. The predicted octanol–water partition coefficient (Wildman–Crippen LogP) is 1.75. The molecule has 2 aliphatic heterocycles. The number of nitrogens with zero attached hydrogens (tertiary/aromatic N) is 2. The standard InChI is InChI=1S/C21H23N3O3/c25-16(12-15-4-3-5-17-19(15)21(27)23-20(17)26)13-24-10-7-14(8-11-24)18-6-1-2-9-22-18/h1-6,9,14,16,25H,7-8,10-13H2,(H,23,26,27). The van der Waals surface area contributed by atoms with Gasteiger partial charge in [-0.05, 0) is 49.7 Å². The van der Waals surface area contributed by atoms with E-state index >= 15 is 0 Å². The Hall–Kier alpha value is -2.57. The van der Waals surface area contributed by atoms with Crippen LogP contribution in [0, 0.1) is 0 Å². The van der Waals surface area contributed by atoms with Gasteiger partial charge in [0.15, 0.2) is 0 Å². The molecule has 27 heavy (non-hydrogen) atoms. The average molecular weight is 365 g/mol. The molecule has 1 aromatic carbocycles. The number of carbonyl (C=O) groups is 2. The van der Waals surface area contributed by atoms with Crippen molar-refractivity contribution in [1.82, 2.24) is 15.2 Å². The van der Waals surface area contributed by atoms with E-state index in [1.54, 1.807) is 12.1 Å². The van der Waals surface area contributed by atoms with Gasteiger partial charge < -0.3 is 10.0 Å². The number of aliphatic hydroxyl groups is 1. The summed E-state index contributed by atoms with van der Waals surface area (Å²) in [6, 6.07) is 11.3. The van der Waals surface area contributed by atoms with Crippen molar-refractivity contribution in [1.29, 1.82) is 0 Å². The van der Waals surface area contributed by atoms with Gasteiger partial charge in [-0.1, -0.05) is 18.2 Å². The van der Waals surface area contributed by atoms with Crippen molar-refractivity contribution in [3.8, 4) is 0 Å². The van der Waals surface area contributed by atoms with Gasteiger partial charge in [-0.15, -0.1) is 0 Å². The Labute approximate surface area is 158 Å². The third-order valence-electron chi connectivity index (χ3n) is 5.47. The third-order valence-corrected chi connectivity index (χ3v) is 5.47. The number of benzene rings is 1. The highest BCUT2D eigenvalue weighted by atomic mass is 16.3. The van der Waals surface area contributed by atoms with Crippen molar-refractivity contribution in [2.75, 3.05) is 19.6 Å². The van der Waals surface area contributed by atoms with E-state index < -0.39 is 6.10 Å². The molecule has 140 valence electrons. The fourth-order valence-corrected chi connectivity index (χ4v) is 4.11. The van der Waals surface area contributed by atoms with Gasteiger partial charge in [0.25, 0.3) is 11.8 Å². The molecule has 0 aliphatic carbocycles. The Balaban J connectivity index is 1.34. The number of aromatic nitrogens is 1. The summed E-state index contributed by atoms with van der Waals surface area (Å²) in [7, 11) is 0. The zero-order chi connectivity index (χ0) is 18.8. The fourth-order valence-electron chi connectivity index (χ4n) is 4.11. The summed E-state index contributed by atoms with van der Waals surface area (Å²) in [5.74, 6) is -0.247. The lowest BCUT2D eigenvalue weighted by Gasteiger charge is -2.33. The first kappa shape index (κ1) is 17.8. The largest absolute Gasteiger partial charge is 0.391 e. The normalized spacial score (nSPS) is 19.0. The molecule has 0 spiro atoms. The SMILES string of the molecule is O=C1NC(=O)c2c(CC(O)CN3CCC(c4ccccn4)CC3)cccc21. The number of fused-ring (bicyclic) bond motifs is 1. The fraction of sp³-hybridized carbons (Fsp3) is 0.381. The Bertz CT molecular complexity index is 845. The number of pyridine rings is 1. The molecule has 2 aliphatic rings. The van der Waals surface area contributed by atoms with E-state index in [0.29, 0.717) is 30.0 Å². The van der Waals surface area contributed by atoms with Gasteiger partial charge >= 0.3 is 0 Å². The summed E-state index contributed by atoms with van der Waals surface area (Å²) in [6.45, 7) is 2.41. The monoisotopic (exact) mass is 365 g/mol. The van der Waals surface area contributed by atoms with Crippen LogP contribution in [0.1, 0.15) is 50.7 Å². The maximum absolute atomic E-state index is 12.0. The molecule has 3 heterocycles. The van der Waals surface area contributed by atoms with Crippen LogP contribution in [-0.2, 0) is 6.42 Å². The van der Waals surface area contributed by atoms with Crippen molar-refractivity contribution in [3.05, 3.63) is 65.0 Å². The lowest BCUT2D eigenvalue weighted by atomic mass is 9.92. The zero-order valence-electron chi connectivity index (χ0n) is 15.1. The lowest BCUT2D eigenvalue weighted by molar-refractivity contribution is 0.0878. The summed E-state index contributed by atoms with van der Waals surface area (Å²) >= 11 is 0. The molecule has 2 amide bonds. The van der Waals surface area contributed by atoms with Crippen LogP contribution in [0.25, 0.3) is 0 Å². The molecule has 2 N–H and O–H groups in total. The van der Waals surface area contributed by atoms with Crippen molar-refractivity contribution in [2.45, 2.75) is 31.3 Å². The van der Waals surface area contributed by atoms with E-state index in [2.05, 4.69) is 21.3 Å². The molecule has 1 atom stereocenters. The van der Waals surface area contributed by atoms with Crippen LogP contribution < -0.4 is 5.32 Å². The van der Waals surface area contributed by atoms with Crippen LogP contribution in [0.15, 0.2) is 42.6 Å². The minimum atomic E-state index is -0.577. The van der Waals surface area contributed by atoms with Gasteiger partial charge in [0, 0.05) is 30.8 Å². The van der Waals surface area contributed by atoms with Gasteiger partial charge in [0.05, 0.1) is 17.2 Å². The van der Waals surface area contributed by atoms with Gasteiger partial charge in [-0.3, -0.25) is 19.9 Å². The maximum Gasteiger partial charge on any atom is 0.259 e. The first-order valence-electron chi connectivity index (χ1n) is 9.40. The lowest BCUT2D eigenvalue weighted by Crippen LogP contribution is -2.39. The molecular weight excluding hydrogens is 342 g/mol. The summed E-state index contributed by atoms with van der Waals surface area (Å²) < 4.78 is 0. The molecule has 2 aromatic rings. The van der Waals surface area contributed by atoms with E-state index in [0.717, 1.165) is 37.2 Å². The number of amides is 2. The Kier molecular flexibility index (Phi) is 5.01.